The maximum Gasteiger partial charge on any atom is 0.293 e. The Balaban J connectivity index is 1.54. The maximum atomic E-state index is 11.7. The summed E-state index contributed by atoms with van der Waals surface area (Å²) in [5.41, 5.74) is 3.43. The van der Waals surface area contributed by atoms with Gasteiger partial charge in [0.05, 0.1) is 11.5 Å². The van der Waals surface area contributed by atoms with Gasteiger partial charge in [0, 0.05) is 25.2 Å². The third kappa shape index (κ3) is 4.17. The quantitative estimate of drug-likeness (QED) is 0.423. The first-order valence-electron chi connectivity index (χ1n) is 9.39. The van der Waals surface area contributed by atoms with Crippen LogP contribution in [0.25, 0.3) is 11.1 Å². The topological polar surface area (TPSA) is 68.5 Å². The van der Waals surface area contributed by atoms with Crippen LogP contribution in [0.3, 0.4) is 0 Å². The zero-order valence-electron chi connectivity index (χ0n) is 15.9. The van der Waals surface area contributed by atoms with Crippen LogP contribution in [0.2, 0.25) is 5.02 Å². The van der Waals surface area contributed by atoms with Gasteiger partial charge in [0.25, 0.3) is 5.69 Å². The number of benzene rings is 2. The summed E-state index contributed by atoms with van der Waals surface area (Å²) >= 11 is 6.21. The van der Waals surface area contributed by atoms with E-state index in [-0.39, 0.29) is 16.7 Å². The smallest absolute Gasteiger partial charge is 0.293 e. The van der Waals surface area contributed by atoms with Crippen LogP contribution in [0, 0.1) is 17.0 Å². The number of aromatic nitrogens is 1. The lowest BCUT2D eigenvalue weighted by Gasteiger charge is -2.19. The number of nitrogens with zero attached hydrogens (tertiary/aromatic N) is 3. The lowest BCUT2D eigenvalue weighted by Crippen LogP contribution is -2.25. The minimum Gasteiger partial charge on any atom is -0.471 e. The first-order valence-corrected chi connectivity index (χ1v) is 9.76. The van der Waals surface area contributed by atoms with Crippen LogP contribution in [0.15, 0.2) is 60.8 Å². The van der Waals surface area contributed by atoms with Crippen molar-refractivity contribution in [1.29, 1.82) is 0 Å². The molecule has 2 heterocycles. The molecule has 0 bridgehead atoms. The Kier molecular flexibility index (Phi) is 5.36. The fourth-order valence-corrected chi connectivity index (χ4v) is 3.82. The van der Waals surface area contributed by atoms with E-state index >= 15 is 0 Å². The molecule has 0 spiro atoms. The number of ether oxygens (including phenoxy) is 1. The van der Waals surface area contributed by atoms with E-state index in [1.807, 2.05) is 60.4 Å². The molecule has 0 radical (unpaired) electrons. The molecule has 1 atom stereocenters. The Labute approximate surface area is 173 Å². The second kappa shape index (κ2) is 8.09. The standard InChI is InChI=1S/C22H20ClN3O3/c1-15-11-19(23)22(24-13-15)29-18-9-10-25(14-18)20-8-7-17(12-21(20)26(27)28)16-5-3-2-4-6-16/h2-8,11-13,18H,9-10,14H2,1H3/t18-/m1/s1. The van der Waals surface area contributed by atoms with Gasteiger partial charge in [-0.2, -0.15) is 0 Å². The van der Waals surface area contributed by atoms with E-state index in [0.717, 1.165) is 23.1 Å². The van der Waals surface area contributed by atoms with Crippen LogP contribution in [0.5, 0.6) is 5.88 Å². The van der Waals surface area contributed by atoms with Crippen molar-refractivity contribution in [1.82, 2.24) is 4.98 Å². The summed E-state index contributed by atoms with van der Waals surface area (Å²) in [6.45, 7) is 3.12. The fourth-order valence-electron chi connectivity index (χ4n) is 3.56. The Bertz CT molecular complexity index is 1040. The molecule has 1 aromatic heterocycles. The van der Waals surface area contributed by atoms with E-state index in [1.54, 1.807) is 12.3 Å². The number of aryl methyl sites for hydroxylation is 1. The molecule has 2 aromatic carbocycles. The molecular formula is C22H20ClN3O3. The van der Waals surface area contributed by atoms with E-state index in [1.165, 1.54) is 0 Å². The van der Waals surface area contributed by atoms with Gasteiger partial charge in [0.2, 0.25) is 5.88 Å². The van der Waals surface area contributed by atoms with Crippen LogP contribution in [0.1, 0.15) is 12.0 Å². The highest BCUT2D eigenvalue weighted by Gasteiger charge is 2.29. The molecule has 3 aromatic rings. The van der Waals surface area contributed by atoms with Gasteiger partial charge in [0.15, 0.2) is 0 Å². The third-order valence-corrected chi connectivity index (χ3v) is 5.26. The monoisotopic (exact) mass is 409 g/mol. The molecule has 1 fully saturated rings. The molecule has 1 aliphatic rings. The Morgan fingerprint density at radius 1 is 1.17 bits per heavy atom. The first-order chi connectivity index (χ1) is 14.0. The maximum absolute atomic E-state index is 11.7. The van der Waals surface area contributed by atoms with E-state index in [2.05, 4.69) is 4.98 Å². The van der Waals surface area contributed by atoms with Crippen LogP contribution in [-0.2, 0) is 0 Å². The summed E-state index contributed by atoms with van der Waals surface area (Å²) in [4.78, 5) is 17.6. The molecule has 29 heavy (non-hydrogen) atoms. The van der Waals surface area contributed by atoms with Crippen molar-refractivity contribution in [3.63, 3.8) is 0 Å². The lowest BCUT2D eigenvalue weighted by atomic mass is 10.0. The Hall–Kier alpha value is -3.12. The fraction of sp³-hybridized carbons (Fsp3) is 0.227. The molecule has 6 nitrogen and oxygen atoms in total. The van der Waals surface area contributed by atoms with Gasteiger partial charge >= 0.3 is 0 Å². The molecule has 7 heteroatoms. The van der Waals surface area contributed by atoms with Gasteiger partial charge in [-0.05, 0) is 35.7 Å². The second-order valence-corrected chi connectivity index (χ2v) is 7.51. The number of nitro groups is 1. The van der Waals surface area contributed by atoms with Crippen molar-refractivity contribution >= 4 is 23.0 Å². The lowest BCUT2D eigenvalue weighted by molar-refractivity contribution is -0.384. The zero-order chi connectivity index (χ0) is 20.4. The predicted octanol–water partition coefficient (Wildman–Crippen LogP) is 5.28. The second-order valence-electron chi connectivity index (χ2n) is 7.10. The van der Waals surface area contributed by atoms with E-state index in [4.69, 9.17) is 16.3 Å². The summed E-state index contributed by atoms with van der Waals surface area (Å²) in [5.74, 6) is 0.401. The minimum atomic E-state index is -0.325. The van der Waals surface area contributed by atoms with Gasteiger partial charge in [-0.1, -0.05) is 48.0 Å². The van der Waals surface area contributed by atoms with Crippen LogP contribution < -0.4 is 9.64 Å². The van der Waals surface area contributed by atoms with Gasteiger partial charge in [-0.25, -0.2) is 4.98 Å². The van der Waals surface area contributed by atoms with Gasteiger partial charge in [-0.15, -0.1) is 0 Å². The summed E-state index contributed by atoms with van der Waals surface area (Å²) in [6.07, 6.45) is 2.32. The number of hydrogen-bond donors (Lipinski definition) is 0. The molecule has 0 saturated carbocycles. The molecule has 0 aliphatic carbocycles. The predicted molar refractivity (Wildman–Crippen MR) is 114 cm³/mol. The molecule has 4 rings (SSSR count). The molecule has 0 amide bonds. The third-order valence-electron chi connectivity index (χ3n) is 4.99. The van der Waals surface area contributed by atoms with E-state index in [0.29, 0.717) is 29.7 Å². The molecule has 148 valence electrons. The SMILES string of the molecule is Cc1cnc(O[C@@H]2CCN(c3ccc(-c4ccccc4)cc3[N+](=O)[O-])C2)c(Cl)c1. The molecule has 0 unspecified atom stereocenters. The highest BCUT2D eigenvalue weighted by molar-refractivity contribution is 6.31. The number of anilines is 1. The number of rotatable bonds is 5. The highest BCUT2D eigenvalue weighted by atomic mass is 35.5. The number of halogens is 1. The number of nitro benzene ring substituents is 1. The van der Waals surface area contributed by atoms with Crippen molar-refractivity contribution < 1.29 is 9.66 Å². The molecule has 0 N–H and O–H groups in total. The normalized spacial score (nSPS) is 16.1. The van der Waals surface area contributed by atoms with Crippen LogP contribution in [0.4, 0.5) is 11.4 Å². The Morgan fingerprint density at radius 2 is 1.97 bits per heavy atom. The van der Waals surface area contributed by atoms with Crippen molar-refractivity contribution in [2.75, 3.05) is 18.0 Å². The number of hydrogen-bond acceptors (Lipinski definition) is 5. The van der Waals surface area contributed by atoms with Crippen molar-refractivity contribution in [2.24, 2.45) is 0 Å². The molecule has 1 aliphatic heterocycles. The van der Waals surface area contributed by atoms with Gasteiger partial charge in [-0.3, -0.25) is 10.1 Å². The molecule has 1 saturated heterocycles. The largest absolute Gasteiger partial charge is 0.471 e. The van der Waals surface area contributed by atoms with E-state index in [9.17, 15) is 10.1 Å². The zero-order valence-corrected chi connectivity index (χ0v) is 16.7. The minimum absolute atomic E-state index is 0.0958. The van der Waals surface area contributed by atoms with E-state index < -0.39 is 0 Å². The van der Waals surface area contributed by atoms with Crippen molar-refractivity contribution in [3.8, 4) is 17.0 Å². The molecular weight excluding hydrogens is 390 g/mol. The van der Waals surface area contributed by atoms with Gasteiger partial charge in [0.1, 0.15) is 16.8 Å². The van der Waals surface area contributed by atoms with Crippen LogP contribution in [-0.4, -0.2) is 29.1 Å². The summed E-state index contributed by atoms with van der Waals surface area (Å²) < 4.78 is 5.95. The number of pyridine rings is 1. The van der Waals surface area contributed by atoms with Gasteiger partial charge < -0.3 is 9.64 Å². The van der Waals surface area contributed by atoms with Crippen molar-refractivity contribution in [2.45, 2.75) is 19.4 Å². The first kappa shape index (κ1) is 19.2. The average Bonchev–Trinajstić information content (AvgIpc) is 3.19. The van der Waals surface area contributed by atoms with Crippen LogP contribution >= 0.6 is 11.6 Å². The summed E-state index contributed by atoms with van der Waals surface area (Å²) in [7, 11) is 0. The Morgan fingerprint density at radius 3 is 2.69 bits per heavy atom. The summed E-state index contributed by atoms with van der Waals surface area (Å²) in [5, 5.41) is 12.2. The average molecular weight is 410 g/mol. The van der Waals surface area contributed by atoms with Crippen molar-refractivity contribution in [3.05, 3.63) is 81.5 Å². The summed E-state index contributed by atoms with van der Waals surface area (Å²) in [6, 6.07) is 16.8. The highest BCUT2D eigenvalue weighted by Crippen LogP contribution is 2.35.